The number of hydrogen-bond donors (Lipinski definition) is 1. The first-order valence-corrected chi connectivity index (χ1v) is 9.46. The van der Waals surface area contributed by atoms with Crippen molar-refractivity contribution in [1.82, 2.24) is 10.2 Å². The van der Waals surface area contributed by atoms with Gasteiger partial charge in [-0.2, -0.15) is 0 Å². The zero-order valence-corrected chi connectivity index (χ0v) is 16.4. The van der Waals surface area contributed by atoms with Crippen LogP contribution in [0.15, 0.2) is 42.5 Å². The van der Waals surface area contributed by atoms with Crippen LogP contribution in [0.1, 0.15) is 29.7 Å². The normalized spacial score (nSPS) is 15.7. The standard InChI is InChI=1S/C21H26ClN3O/c1-15-7-6-10-20(16(15)2)24-11-13-25(14-12-24)21(26)23-17(3)18-8-4-5-9-19(18)22/h4-10,17H,11-14H2,1-3H3,(H,23,26). The minimum atomic E-state index is -0.117. The summed E-state index contributed by atoms with van der Waals surface area (Å²) in [5, 5.41) is 3.75. The molecule has 1 aliphatic heterocycles. The van der Waals surface area contributed by atoms with Crippen LogP contribution in [-0.4, -0.2) is 37.1 Å². The first-order valence-electron chi connectivity index (χ1n) is 9.08. The lowest BCUT2D eigenvalue weighted by Gasteiger charge is -2.37. The van der Waals surface area contributed by atoms with E-state index in [4.69, 9.17) is 11.6 Å². The highest BCUT2D eigenvalue weighted by atomic mass is 35.5. The van der Waals surface area contributed by atoms with Gasteiger partial charge >= 0.3 is 6.03 Å². The van der Waals surface area contributed by atoms with Gasteiger partial charge in [-0.05, 0) is 49.6 Å². The Hall–Kier alpha value is -2.20. The maximum absolute atomic E-state index is 12.6. The molecule has 0 radical (unpaired) electrons. The molecule has 0 aromatic heterocycles. The molecular formula is C21H26ClN3O. The Morgan fingerprint density at radius 3 is 2.42 bits per heavy atom. The van der Waals surface area contributed by atoms with E-state index in [-0.39, 0.29) is 12.1 Å². The summed E-state index contributed by atoms with van der Waals surface area (Å²) in [6.07, 6.45) is 0. The van der Waals surface area contributed by atoms with Crippen LogP contribution in [0.3, 0.4) is 0 Å². The second kappa shape index (κ2) is 8.00. The highest BCUT2D eigenvalue weighted by Crippen LogP contribution is 2.25. The van der Waals surface area contributed by atoms with Crippen LogP contribution < -0.4 is 10.2 Å². The number of halogens is 1. The SMILES string of the molecule is Cc1cccc(N2CCN(C(=O)NC(C)c3ccccc3Cl)CC2)c1C. The average molecular weight is 372 g/mol. The molecule has 2 aromatic carbocycles. The fraction of sp³-hybridized carbons (Fsp3) is 0.381. The fourth-order valence-electron chi connectivity index (χ4n) is 3.41. The molecule has 0 spiro atoms. The summed E-state index contributed by atoms with van der Waals surface area (Å²) in [5.74, 6) is 0. The van der Waals surface area contributed by atoms with Crippen molar-refractivity contribution in [2.75, 3.05) is 31.1 Å². The Bertz CT molecular complexity index is 785. The van der Waals surface area contributed by atoms with Gasteiger partial charge in [-0.3, -0.25) is 0 Å². The molecule has 1 saturated heterocycles. The van der Waals surface area contributed by atoms with E-state index in [9.17, 15) is 4.79 Å². The van der Waals surface area contributed by atoms with Crippen LogP contribution >= 0.6 is 11.6 Å². The zero-order valence-electron chi connectivity index (χ0n) is 15.6. The van der Waals surface area contributed by atoms with Crippen molar-refractivity contribution < 1.29 is 4.79 Å². The van der Waals surface area contributed by atoms with Crippen molar-refractivity contribution >= 4 is 23.3 Å². The molecule has 1 N–H and O–H groups in total. The lowest BCUT2D eigenvalue weighted by molar-refractivity contribution is 0.191. The molecule has 4 nitrogen and oxygen atoms in total. The zero-order chi connectivity index (χ0) is 18.7. The minimum Gasteiger partial charge on any atom is -0.368 e. The molecule has 0 saturated carbocycles. The highest BCUT2D eigenvalue weighted by Gasteiger charge is 2.23. The van der Waals surface area contributed by atoms with Gasteiger partial charge in [-0.1, -0.05) is 41.9 Å². The van der Waals surface area contributed by atoms with Crippen molar-refractivity contribution in [3.8, 4) is 0 Å². The third kappa shape index (κ3) is 3.96. The quantitative estimate of drug-likeness (QED) is 0.859. The van der Waals surface area contributed by atoms with Gasteiger partial charge in [0.2, 0.25) is 0 Å². The number of carbonyl (C=O) groups is 1. The lowest BCUT2D eigenvalue weighted by atomic mass is 10.1. The molecule has 2 aromatic rings. The van der Waals surface area contributed by atoms with Crippen LogP contribution in [0.25, 0.3) is 0 Å². The third-order valence-electron chi connectivity index (χ3n) is 5.20. The summed E-state index contributed by atoms with van der Waals surface area (Å²) < 4.78 is 0. The molecule has 0 bridgehead atoms. The minimum absolute atomic E-state index is 0.0296. The van der Waals surface area contributed by atoms with Gasteiger partial charge in [0.15, 0.2) is 0 Å². The third-order valence-corrected chi connectivity index (χ3v) is 5.54. The molecule has 1 fully saturated rings. The Kier molecular flexibility index (Phi) is 5.72. The van der Waals surface area contributed by atoms with E-state index in [2.05, 4.69) is 42.3 Å². The number of urea groups is 1. The summed E-state index contributed by atoms with van der Waals surface area (Å²) in [4.78, 5) is 16.9. The first kappa shape index (κ1) is 18.6. The molecule has 26 heavy (non-hydrogen) atoms. The van der Waals surface area contributed by atoms with Gasteiger partial charge in [0.25, 0.3) is 0 Å². The van der Waals surface area contributed by atoms with Crippen molar-refractivity contribution in [2.24, 2.45) is 0 Å². The lowest BCUT2D eigenvalue weighted by Crippen LogP contribution is -2.52. The van der Waals surface area contributed by atoms with E-state index >= 15 is 0 Å². The van der Waals surface area contributed by atoms with Gasteiger partial charge < -0.3 is 15.1 Å². The van der Waals surface area contributed by atoms with E-state index in [0.29, 0.717) is 18.1 Å². The van der Waals surface area contributed by atoms with Crippen LogP contribution in [0.4, 0.5) is 10.5 Å². The Morgan fingerprint density at radius 2 is 1.73 bits per heavy atom. The second-order valence-electron chi connectivity index (χ2n) is 6.89. The fourth-order valence-corrected chi connectivity index (χ4v) is 3.71. The smallest absolute Gasteiger partial charge is 0.317 e. The molecular weight excluding hydrogens is 346 g/mol. The number of rotatable bonds is 3. The Labute approximate surface area is 160 Å². The molecule has 138 valence electrons. The van der Waals surface area contributed by atoms with Gasteiger partial charge in [-0.25, -0.2) is 4.79 Å². The van der Waals surface area contributed by atoms with Crippen LogP contribution in [-0.2, 0) is 0 Å². The first-order chi connectivity index (χ1) is 12.5. The van der Waals surface area contributed by atoms with Crippen LogP contribution in [0, 0.1) is 13.8 Å². The predicted molar refractivity (Wildman–Crippen MR) is 108 cm³/mol. The number of anilines is 1. The number of aryl methyl sites for hydroxylation is 1. The van der Waals surface area contributed by atoms with Gasteiger partial charge in [0.1, 0.15) is 0 Å². The summed E-state index contributed by atoms with van der Waals surface area (Å²) in [7, 11) is 0. The number of amides is 2. The molecule has 3 rings (SSSR count). The van der Waals surface area contributed by atoms with Crippen LogP contribution in [0.5, 0.6) is 0 Å². The summed E-state index contributed by atoms with van der Waals surface area (Å²) in [6, 6.07) is 13.9. The van der Waals surface area contributed by atoms with Crippen molar-refractivity contribution in [3.63, 3.8) is 0 Å². The van der Waals surface area contributed by atoms with Gasteiger partial charge in [0.05, 0.1) is 6.04 Å². The maximum Gasteiger partial charge on any atom is 0.317 e. The highest BCUT2D eigenvalue weighted by molar-refractivity contribution is 6.31. The number of nitrogens with one attached hydrogen (secondary N) is 1. The van der Waals surface area contributed by atoms with Crippen molar-refractivity contribution in [1.29, 1.82) is 0 Å². The van der Waals surface area contributed by atoms with E-state index < -0.39 is 0 Å². The number of hydrogen-bond acceptors (Lipinski definition) is 2. The number of piperazine rings is 1. The molecule has 1 unspecified atom stereocenters. The largest absolute Gasteiger partial charge is 0.368 e. The van der Waals surface area contributed by atoms with E-state index in [0.717, 1.165) is 18.7 Å². The topological polar surface area (TPSA) is 35.6 Å². The van der Waals surface area contributed by atoms with Gasteiger partial charge in [-0.15, -0.1) is 0 Å². The summed E-state index contributed by atoms with van der Waals surface area (Å²) in [5.41, 5.74) is 4.83. The second-order valence-corrected chi connectivity index (χ2v) is 7.29. The van der Waals surface area contributed by atoms with Crippen LogP contribution in [0.2, 0.25) is 5.02 Å². The Balaban J connectivity index is 1.58. The molecule has 1 atom stereocenters. The number of carbonyl (C=O) groups excluding carboxylic acids is 1. The molecule has 1 aliphatic rings. The van der Waals surface area contributed by atoms with Crippen molar-refractivity contribution in [2.45, 2.75) is 26.8 Å². The molecule has 1 heterocycles. The van der Waals surface area contributed by atoms with E-state index in [1.807, 2.05) is 36.1 Å². The monoisotopic (exact) mass is 371 g/mol. The van der Waals surface area contributed by atoms with Crippen molar-refractivity contribution in [3.05, 3.63) is 64.2 Å². The molecule has 2 amide bonds. The molecule has 5 heteroatoms. The van der Waals surface area contributed by atoms with E-state index in [1.165, 1.54) is 16.8 Å². The number of nitrogens with zero attached hydrogens (tertiary/aromatic N) is 2. The summed E-state index contributed by atoms with van der Waals surface area (Å²) in [6.45, 7) is 9.39. The average Bonchev–Trinajstić information content (AvgIpc) is 2.64. The van der Waals surface area contributed by atoms with Gasteiger partial charge in [0, 0.05) is 36.9 Å². The Morgan fingerprint density at radius 1 is 1.04 bits per heavy atom. The maximum atomic E-state index is 12.6. The molecule has 0 aliphatic carbocycles. The number of benzene rings is 2. The predicted octanol–water partition coefficient (Wildman–Crippen LogP) is 4.55. The summed E-state index contributed by atoms with van der Waals surface area (Å²) >= 11 is 6.23. The van der Waals surface area contributed by atoms with E-state index in [1.54, 1.807) is 0 Å².